The van der Waals surface area contributed by atoms with E-state index in [1.54, 1.807) is 18.9 Å². The second-order valence-corrected chi connectivity index (χ2v) is 3.83. The zero-order valence-electron chi connectivity index (χ0n) is 10.5. The highest BCUT2D eigenvalue weighted by Crippen LogP contribution is 2.06. The van der Waals surface area contributed by atoms with E-state index in [1.165, 1.54) is 0 Å². The van der Waals surface area contributed by atoms with Crippen molar-refractivity contribution in [3.05, 3.63) is 0 Å². The van der Waals surface area contributed by atoms with E-state index < -0.39 is 12.0 Å². The summed E-state index contributed by atoms with van der Waals surface area (Å²) in [6.07, 6.45) is 2.12. The predicted molar refractivity (Wildman–Crippen MR) is 62.4 cm³/mol. The van der Waals surface area contributed by atoms with Gasteiger partial charge in [-0.2, -0.15) is 0 Å². The molecule has 0 fully saturated rings. The summed E-state index contributed by atoms with van der Waals surface area (Å²) in [4.78, 5) is 24.1. The van der Waals surface area contributed by atoms with Crippen LogP contribution in [0.5, 0.6) is 0 Å². The Morgan fingerprint density at radius 3 is 2.00 bits per heavy atom. The molecule has 0 aliphatic heterocycles. The highest BCUT2D eigenvalue weighted by molar-refractivity contribution is 5.82. The summed E-state index contributed by atoms with van der Waals surface area (Å²) in [6, 6.07) is -0.960. The van der Waals surface area contributed by atoms with E-state index >= 15 is 0 Å². The topological polar surface area (TPSA) is 69.6 Å². The molecule has 0 aromatic carbocycles. The smallest absolute Gasteiger partial charge is 0.326 e. The summed E-state index contributed by atoms with van der Waals surface area (Å²) in [5.74, 6) is -0.992. The Labute approximate surface area is 96.8 Å². The van der Waals surface area contributed by atoms with Gasteiger partial charge in [0.1, 0.15) is 6.04 Å². The number of carboxylic acids is 1. The van der Waals surface area contributed by atoms with E-state index in [0.717, 1.165) is 12.8 Å². The summed E-state index contributed by atoms with van der Waals surface area (Å²) in [5.41, 5.74) is 0. The Kier molecular flexibility index (Phi) is 6.53. The van der Waals surface area contributed by atoms with Crippen LogP contribution in [0.25, 0.3) is 0 Å². The Bertz CT molecular complexity index is 239. The Hall–Kier alpha value is -1.26. The molecule has 0 saturated carbocycles. The fraction of sp³-hybridized carbons (Fsp3) is 0.818. The van der Waals surface area contributed by atoms with Gasteiger partial charge in [-0.25, -0.2) is 9.59 Å². The van der Waals surface area contributed by atoms with Crippen molar-refractivity contribution in [3.8, 4) is 0 Å². The molecule has 1 atom stereocenters. The molecule has 0 aromatic rings. The van der Waals surface area contributed by atoms with E-state index in [2.05, 4.69) is 5.32 Å². The Morgan fingerprint density at radius 2 is 1.69 bits per heavy atom. The van der Waals surface area contributed by atoms with Crippen LogP contribution in [0.4, 0.5) is 4.79 Å². The lowest BCUT2D eigenvalue weighted by atomic mass is 10.1. The van der Waals surface area contributed by atoms with Crippen molar-refractivity contribution >= 4 is 12.0 Å². The van der Waals surface area contributed by atoms with Gasteiger partial charge in [-0.05, 0) is 19.3 Å². The van der Waals surface area contributed by atoms with Crippen LogP contribution in [0.2, 0.25) is 0 Å². The monoisotopic (exact) mass is 230 g/mol. The van der Waals surface area contributed by atoms with E-state index in [-0.39, 0.29) is 12.1 Å². The molecule has 0 rings (SSSR count). The van der Waals surface area contributed by atoms with Gasteiger partial charge in [0, 0.05) is 13.1 Å². The van der Waals surface area contributed by atoms with E-state index in [4.69, 9.17) is 5.11 Å². The molecule has 2 N–H and O–H groups in total. The number of carboxylic acid groups (broad SMARTS) is 1. The molecule has 0 aliphatic carbocycles. The standard InChI is InChI=1S/C11H22N2O3/c1-5-8(6-2)13(4)11(16)12-9(7-3)10(14)15/h8-9H,5-7H2,1-4H3,(H,12,16)(H,14,15)/t9-/m0/s1. The van der Waals surface area contributed by atoms with E-state index in [1.807, 2.05) is 13.8 Å². The number of nitrogens with zero attached hydrogens (tertiary/aromatic N) is 1. The second-order valence-electron chi connectivity index (χ2n) is 3.83. The Balaban J connectivity index is 4.38. The molecule has 0 heterocycles. The third-order valence-electron chi connectivity index (χ3n) is 2.81. The number of carbonyl (C=O) groups is 2. The second kappa shape index (κ2) is 7.09. The van der Waals surface area contributed by atoms with Gasteiger partial charge < -0.3 is 15.3 Å². The number of amides is 2. The maximum Gasteiger partial charge on any atom is 0.326 e. The van der Waals surface area contributed by atoms with Crippen molar-refractivity contribution in [1.29, 1.82) is 0 Å². The van der Waals surface area contributed by atoms with Gasteiger partial charge >= 0.3 is 12.0 Å². The molecule has 5 heteroatoms. The fourth-order valence-electron chi connectivity index (χ4n) is 1.59. The third-order valence-corrected chi connectivity index (χ3v) is 2.81. The SMILES string of the molecule is CCC(CC)N(C)C(=O)N[C@@H](CC)C(=O)O. The first-order valence-corrected chi connectivity index (χ1v) is 5.73. The summed E-state index contributed by atoms with van der Waals surface area (Å²) in [5, 5.41) is 11.3. The highest BCUT2D eigenvalue weighted by atomic mass is 16.4. The summed E-state index contributed by atoms with van der Waals surface area (Å²) >= 11 is 0. The molecular formula is C11H22N2O3. The number of rotatable bonds is 6. The van der Waals surface area contributed by atoms with Crippen molar-refractivity contribution in [2.45, 2.75) is 52.1 Å². The number of nitrogens with one attached hydrogen (secondary N) is 1. The molecule has 2 amide bonds. The lowest BCUT2D eigenvalue weighted by molar-refractivity contribution is -0.139. The van der Waals surface area contributed by atoms with Crippen molar-refractivity contribution in [2.24, 2.45) is 0 Å². The van der Waals surface area contributed by atoms with E-state index in [0.29, 0.717) is 6.42 Å². The minimum atomic E-state index is -0.992. The number of hydrogen-bond acceptors (Lipinski definition) is 2. The number of hydrogen-bond donors (Lipinski definition) is 2. The first kappa shape index (κ1) is 14.7. The number of aliphatic carboxylic acids is 1. The minimum absolute atomic E-state index is 0.159. The van der Waals surface area contributed by atoms with Crippen LogP contribution in [0.3, 0.4) is 0 Å². The average Bonchev–Trinajstić information content (AvgIpc) is 2.26. The van der Waals surface area contributed by atoms with Crippen LogP contribution in [0.15, 0.2) is 0 Å². The highest BCUT2D eigenvalue weighted by Gasteiger charge is 2.22. The molecule has 0 radical (unpaired) electrons. The molecule has 0 bridgehead atoms. The quantitative estimate of drug-likeness (QED) is 0.729. The molecular weight excluding hydrogens is 208 g/mol. The lowest BCUT2D eigenvalue weighted by Gasteiger charge is -2.27. The summed E-state index contributed by atoms with van der Waals surface area (Å²) in [7, 11) is 1.70. The van der Waals surface area contributed by atoms with Crippen LogP contribution in [-0.4, -0.2) is 41.1 Å². The maximum absolute atomic E-state index is 11.7. The summed E-state index contributed by atoms with van der Waals surface area (Å²) < 4.78 is 0. The molecule has 0 aliphatic rings. The van der Waals surface area contributed by atoms with Crippen molar-refractivity contribution in [1.82, 2.24) is 10.2 Å². The molecule has 0 unspecified atom stereocenters. The normalized spacial score (nSPS) is 12.3. The van der Waals surface area contributed by atoms with Gasteiger partial charge in [0.25, 0.3) is 0 Å². The maximum atomic E-state index is 11.7. The third kappa shape index (κ3) is 4.08. The zero-order valence-corrected chi connectivity index (χ0v) is 10.5. The van der Waals surface area contributed by atoms with Gasteiger partial charge in [-0.15, -0.1) is 0 Å². The molecule has 5 nitrogen and oxygen atoms in total. The first-order valence-electron chi connectivity index (χ1n) is 5.73. The van der Waals surface area contributed by atoms with Crippen molar-refractivity contribution in [2.75, 3.05) is 7.05 Å². The molecule has 16 heavy (non-hydrogen) atoms. The Morgan fingerprint density at radius 1 is 1.19 bits per heavy atom. The molecule has 94 valence electrons. The van der Waals surface area contributed by atoms with Crippen molar-refractivity contribution < 1.29 is 14.7 Å². The zero-order chi connectivity index (χ0) is 12.7. The molecule has 0 saturated heterocycles. The van der Waals surface area contributed by atoms with Gasteiger partial charge in [0.15, 0.2) is 0 Å². The number of carbonyl (C=O) groups excluding carboxylic acids is 1. The largest absolute Gasteiger partial charge is 0.480 e. The van der Waals surface area contributed by atoms with Gasteiger partial charge in [-0.1, -0.05) is 20.8 Å². The lowest BCUT2D eigenvalue weighted by Crippen LogP contribution is -2.49. The minimum Gasteiger partial charge on any atom is -0.480 e. The average molecular weight is 230 g/mol. The van der Waals surface area contributed by atoms with Crippen molar-refractivity contribution in [3.63, 3.8) is 0 Å². The van der Waals surface area contributed by atoms with Crippen LogP contribution < -0.4 is 5.32 Å². The van der Waals surface area contributed by atoms with Gasteiger partial charge in [0.2, 0.25) is 0 Å². The van der Waals surface area contributed by atoms with Crippen LogP contribution in [0.1, 0.15) is 40.0 Å². The first-order chi connectivity index (χ1) is 7.47. The van der Waals surface area contributed by atoms with Gasteiger partial charge in [-0.3, -0.25) is 0 Å². The van der Waals surface area contributed by atoms with Crippen LogP contribution >= 0.6 is 0 Å². The fourth-order valence-corrected chi connectivity index (χ4v) is 1.59. The van der Waals surface area contributed by atoms with Crippen LogP contribution in [-0.2, 0) is 4.79 Å². The van der Waals surface area contributed by atoms with E-state index in [9.17, 15) is 9.59 Å². The molecule has 0 aromatic heterocycles. The van der Waals surface area contributed by atoms with Crippen LogP contribution in [0, 0.1) is 0 Å². The summed E-state index contributed by atoms with van der Waals surface area (Å²) in [6.45, 7) is 5.75. The predicted octanol–water partition coefficient (Wildman–Crippen LogP) is 1.68. The molecule has 0 spiro atoms. The van der Waals surface area contributed by atoms with Gasteiger partial charge in [0.05, 0.1) is 0 Å². The number of urea groups is 1.